The third-order valence-corrected chi connectivity index (χ3v) is 2.20. The number of carbonyl (C=O) groups excluding carboxylic acids is 2. The number of aldehydes is 1. The molecular weight excluding hydrogens is 198 g/mol. The molecule has 1 heterocycles. The van der Waals surface area contributed by atoms with Crippen LogP contribution in [0.4, 0.5) is 0 Å². The van der Waals surface area contributed by atoms with Crippen LogP contribution in [0.3, 0.4) is 0 Å². The second-order valence-corrected chi connectivity index (χ2v) is 3.49. The van der Waals surface area contributed by atoms with Crippen LogP contribution in [0.1, 0.15) is 6.42 Å². The largest absolute Gasteiger partial charge is 0.379 e. The maximum atomic E-state index is 11.2. The first-order chi connectivity index (χ1) is 7.22. The molecule has 0 bridgehead atoms. The molecular formula is C9H17N3O3. The first-order valence-electron chi connectivity index (χ1n) is 5.00. The Kier molecular flexibility index (Phi) is 5.23. The average molecular weight is 215 g/mol. The predicted octanol–water partition coefficient (Wildman–Crippen LogP) is -1.69. The molecule has 15 heavy (non-hydrogen) atoms. The van der Waals surface area contributed by atoms with Crippen molar-refractivity contribution in [2.45, 2.75) is 12.5 Å². The van der Waals surface area contributed by atoms with E-state index in [2.05, 4.69) is 10.2 Å². The number of carbonyl (C=O) groups is 2. The van der Waals surface area contributed by atoms with E-state index in [1.165, 1.54) is 0 Å². The van der Waals surface area contributed by atoms with Crippen LogP contribution in [0.25, 0.3) is 0 Å². The molecule has 1 unspecified atom stereocenters. The molecule has 0 aromatic heterocycles. The van der Waals surface area contributed by atoms with Gasteiger partial charge < -0.3 is 20.6 Å². The number of hydrogen-bond donors (Lipinski definition) is 2. The molecule has 0 spiro atoms. The lowest BCUT2D eigenvalue weighted by Crippen LogP contribution is -2.44. The minimum absolute atomic E-state index is 0.0494. The van der Waals surface area contributed by atoms with E-state index in [0.717, 1.165) is 13.1 Å². The standard InChI is InChI=1S/C9H17N3O3/c10-8(6-13)5-9(14)11-7-12-1-3-15-4-2-12/h6,8H,1-5,7,10H2,(H,11,14). The summed E-state index contributed by atoms with van der Waals surface area (Å²) in [6, 6.07) is -0.699. The van der Waals surface area contributed by atoms with E-state index in [9.17, 15) is 9.59 Å². The number of nitrogens with one attached hydrogen (secondary N) is 1. The van der Waals surface area contributed by atoms with Crippen LogP contribution in [0.5, 0.6) is 0 Å². The summed E-state index contributed by atoms with van der Waals surface area (Å²) in [6.45, 7) is 3.53. The normalized spacial score (nSPS) is 19.5. The van der Waals surface area contributed by atoms with Crippen LogP contribution in [-0.2, 0) is 14.3 Å². The van der Waals surface area contributed by atoms with Gasteiger partial charge in [-0.3, -0.25) is 9.69 Å². The Labute approximate surface area is 88.7 Å². The molecule has 1 fully saturated rings. The highest BCUT2D eigenvalue weighted by Crippen LogP contribution is 1.94. The van der Waals surface area contributed by atoms with Gasteiger partial charge in [0.25, 0.3) is 0 Å². The minimum Gasteiger partial charge on any atom is -0.379 e. The van der Waals surface area contributed by atoms with Crippen molar-refractivity contribution in [2.24, 2.45) is 5.73 Å². The summed E-state index contributed by atoms with van der Waals surface area (Å²) in [6.07, 6.45) is 0.627. The van der Waals surface area contributed by atoms with E-state index in [1.54, 1.807) is 0 Å². The Morgan fingerprint density at radius 1 is 1.53 bits per heavy atom. The topological polar surface area (TPSA) is 84.7 Å². The lowest BCUT2D eigenvalue weighted by Gasteiger charge is -2.26. The average Bonchev–Trinajstić information content (AvgIpc) is 2.27. The molecule has 0 radical (unpaired) electrons. The van der Waals surface area contributed by atoms with E-state index in [0.29, 0.717) is 26.2 Å². The van der Waals surface area contributed by atoms with E-state index >= 15 is 0 Å². The quantitative estimate of drug-likeness (QED) is 0.534. The molecule has 0 aromatic rings. The van der Waals surface area contributed by atoms with E-state index in [1.807, 2.05) is 0 Å². The van der Waals surface area contributed by atoms with Crippen LogP contribution < -0.4 is 11.1 Å². The predicted molar refractivity (Wildman–Crippen MR) is 54.1 cm³/mol. The zero-order valence-corrected chi connectivity index (χ0v) is 8.65. The maximum Gasteiger partial charge on any atom is 0.223 e. The highest BCUT2D eigenvalue weighted by molar-refractivity contribution is 5.80. The van der Waals surface area contributed by atoms with Crippen molar-refractivity contribution in [1.82, 2.24) is 10.2 Å². The van der Waals surface area contributed by atoms with Crippen molar-refractivity contribution in [3.8, 4) is 0 Å². The minimum atomic E-state index is -0.699. The molecule has 3 N–H and O–H groups in total. The smallest absolute Gasteiger partial charge is 0.223 e. The number of nitrogens with two attached hydrogens (primary N) is 1. The second kappa shape index (κ2) is 6.49. The molecule has 0 aromatic carbocycles. The van der Waals surface area contributed by atoms with Crippen LogP contribution in [-0.4, -0.2) is 56.1 Å². The van der Waals surface area contributed by atoms with Crippen molar-refractivity contribution in [3.05, 3.63) is 0 Å². The molecule has 6 heteroatoms. The van der Waals surface area contributed by atoms with Crippen LogP contribution in [0, 0.1) is 0 Å². The summed E-state index contributed by atoms with van der Waals surface area (Å²) >= 11 is 0. The molecule has 86 valence electrons. The fraction of sp³-hybridized carbons (Fsp3) is 0.778. The van der Waals surface area contributed by atoms with Gasteiger partial charge in [-0.15, -0.1) is 0 Å². The molecule has 0 saturated carbocycles. The first kappa shape index (κ1) is 12.1. The molecule has 1 amide bonds. The van der Waals surface area contributed by atoms with Crippen LogP contribution in [0.2, 0.25) is 0 Å². The number of rotatable bonds is 5. The molecule has 0 aliphatic carbocycles. The summed E-state index contributed by atoms with van der Waals surface area (Å²) in [5.74, 6) is -0.193. The summed E-state index contributed by atoms with van der Waals surface area (Å²) in [5, 5.41) is 2.71. The molecule has 1 aliphatic heterocycles. The SMILES string of the molecule is NC(C=O)CC(=O)NCN1CCOCC1. The van der Waals surface area contributed by atoms with Crippen molar-refractivity contribution >= 4 is 12.2 Å². The molecule has 1 atom stereocenters. The zero-order valence-electron chi connectivity index (χ0n) is 8.65. The number of amides is 1. The second-order valence-electron chi connectivity index (χ2n) is 3.49. The fourth-order valence-electron chi connectivity index (χ4n) is 1.29. The van der Waals surface area contributed by atoms with Gasteiger partial charge in [-0.2, -0.15) is 0 Å². The lowest BCUT2D eigenvalue weighted by molar-refractivity contribution is -0.124. The molecule has 1 saturated heterocycles. The summed E-state index contributed by atoms with van der Waals surface area (Å²) in [5.41, 5.74) is 5.32. The van der Waals surface area contributed by atoms with Gasteiger partial charge in [0, 0.05) is 19.5 Å². The highest BCUT2D eigenvalue weighted by Gasteiger charge is 2.12. The summed E-state index contributed by atoms with van der Waals surface area (Å²) in [4.78, 5) is 23.5. The monoisotopic (exact) mass is 215 g/mol. The van der Waals surface area contributed by atoms with Gasteiger partial charge in [-0.25, -0.2) is 0 Å². The summed E-state index contributed by atoms with van der Waals surface area (Å²) in [7, 11) is 0. The van der Waals surface area contributed by atoms with Gasteiger partial charge >= 0.3 is 0 Å². The van der Waals surface area contributed by atoms with Crippen LogP contribution >= 0.6 is 0 Å². The molecule has 6 nitrogen and oxygen atoms in total. The Morgan fingerprint density at radius 2 is 2.20 bits per heavy atom. The van der Waals surface area contributed by atoms with Gasteiger partial charge in [0.1, 0.15) is 6.29 Å². The number of ether oxygens (including phenoxy) is 1. The van der Waals surface area contributed by atoms with E-state index in [-0.39, 0.29) is 12.3 Å². The van der Waals surface area contributed by atoms with Gasteiger partial charge in [-0.1, -0.05) is 0 Å². The van der Waals surface area contributed by atoms with E-state index in [4.69, 9.17) is 10.5 Å². The summed E-state index contributed by atoms with van der Waals surface area (Å²) < 4.78 is 5.17. The third kappa shape index (κ3) is 4.87. The van der Waals surface area contributed by atoms with Gasteiger partial charge in [0.05, 0.1) is 25.9 Å². The number of hydrogen-bond acceptors (Lipinski definition) is 5. The van der Waals surface area contributed by atoms with Crippen molar-refractivity contribution in [1.29, 1.82) is 0 Å². The fourth-order valence-corrected chi connectivity index (χ4v) is 1.29. The Balaban J connectivity index is 2.12. The molecule has 1 rings (SSSR count). The first-order valence-corrected chi connectivity index (χ1v) is 5.00. The van der Waals surface area contributed by atoms with E-state index < -0.39 is 6.04 Å². The molecule has 1 aliphatic rings. The Bertz CT molecular complexity index is 217. The maximum absolute atomic E-state index is 11.2. The van der Waals surface area contributed by atoms with Crippen molar-refractivity contribution in [3.63, 3.8) is 0 Å². The Hall–Kier alpha value is -0.980. The highest BCUT2D eigenvalue weighted by atomic mass is 16.5. The number of morpholine rings is 1. The van der Waals surface area contributed by atoms with Gasteiger partial charge in [0.2, 0.25) is 5.91 Å². The third-order valence-electron chi connectivity index (χ3n) is 2.20. The Morgan fingerprint density at radius 3 is 2.80 bits per heavy atom. The zero-order chi connectivity index (χ0) is 11.1. The number of nitrogens with zero attached hydrogens (tertiary/aromatic N) is 1. The van der Waals surface area contributed by atoms with Gasteiger partial charge in [-0.05, 0) is 0 Å². The van der Waals surface area contributed by atoms with Crippen LogP contribution in [0.15, 0.2) is 0 Å². The van der Waals surface area contributed by atoms with Crippen molar-refractivity contribution < 1.29 is 14.3 Å². The lowest BCUT2D eigenvalue weighted by atomic mass is 10.2. The van der Waals surface area contributed by atoms with Crippen molar-refractivity contribution in [2.75, 3.05) is 33.0 Å². The van der Waals surface area contributed by atoms with Gasteiger partial charge in [0.15, 0.2) is 0 Å².